The fraction of sp³-hybridized carbons (Fsp3) is 0.500. The van der Waals surface area contributed by atoms with E-state index in [-0.39, 0.29) is 24.5 Å². The van der Waals surface area contributed by atoms with Gasteiger partial charge in [0.05, 0.1) is 30.7 Å². The van der Waals surface area contributed by atoms with E-state index >= 15 is 0 Å². The Morgan fingerprint density at radius 3 is 2.68 bits per heavy atom. The highest BCUT2D eigenvalue weighted by atomic mass is 19.1. The van der Waals surface area contributed by atoms with E-state index in [0.29, 0.717) is 6.54 Å². The summed E-state index contributed by atoms with van der Waals surface area (Å²) in [6, 6.07) is 5.05. The maximum atomic E-state index is 13.7. The van der Waals surface area contributed by atoms with Gasteiger partial charge in [0, 0.05) is 6.54 Å². The molecule has 0 aliphatic carbocycles. The van der Waals surface area contributed by atoms with Crippen molar-refractivity contribution in [2.24, 2.45) is 0 Å². The highest BCUT2D eigenvalue weighted by Gasteiger charge is 2.29. The standard InChI is InChI=1S/C20H28FN3O4/c1-24(2)11-5-10-22-19(26)12-14-8-9-17(18(13-25)28-14)23-20(27)15-6-3-4-7-16(15)21/h3-4,6-9,14,17-18,25H,5,10-13H2,1-2H3,(H,22,26)(H,23,27)/t14-,17+,18-/m0/s1. The van der Waals surface area contributed by atoms with Crippen LogP contribution in [0, 0.1) is 5.82 Å². The van der Waals surface area contributed by atoms with E-state index in [2.05, 4.69) is 10.6 Å². The van der Waals surface area contributed by atoms with Crippen molar-refractivity contribution < 1.29 is 23.8 Å². The van der Waals surface area contributed by atoms with Crippen molar-refractivity contribution >= 4 is 11.8 Å². The molecular weight excluding hydrogens is 365 g/mol. The first-order valence-corrected chi connectivity index (χ1v) is 9.32. The molecule has 0 fully saturated rings. The van der Waals surface area contributed by atoms with E-state index in [1.807, 2.05) is 19.0 Å². The van der Waals surface area contributed by atoms with Gasteiger partial charge in [0.15, 0.2) is 0 Å². The minimum absolute atomic E-state index is 0.0770. The number of halogens is 1. The normalized spacial score (nSPS) is 21.5. The van der Waals surface area contributed by atoms with Gasteiger partial charge in [0.1, 0.15) is 11.9 Å². The highest BCUT2D eigenvalue weighted by Crippen LogP contribution is 2.17. The lowest BCUT2D eigenvalue weighted by atomic mass is 10.0. The van der Waals surface area contributed by atoms with Crippen LogP contribution < -0.4 is 10.6 Å². The van der Waals surface area contributed by atoms with Gasteiger partial charge in [-0.05, 0) is 39.2 Å². The molecule has 0 aromatic heterocycles. The molecular formula is C20H28FN3O4. The summed E-state index contributed by atoms with van der Waals surface area (Å²) in [4.78, 5) is 26.3. The molecule has 0 unspecified atom stereocenters. The van der Waals surface area contributed by atoms with Gasteiger partial charge < -0.3 is 25.4 Å². The first kappa shape index (κ1) is 22.0. The van der Waals surface area contributed by atoms with Crippen LogP contribution >= 0.6 is 0 Å². The predicted molar refractivity (Wildman–Crippen MR) is 103 cm³/mol. The lowest BCUT2D eigenvalue weighted by molar-refractivity contribution is -0.125. The number of aliphatic hydroxyl groups is 1. The number of aliphatic hydroxyl groups excluding tert-OH is 1. The average molecular weight is 393 g/mol. The fourth-order valence-electron chi connectivity index (χ4n) is 2.89. The summed E-state index contributed by atoms with van der Waals surface area (Å²) in [5, 5.41) is 15.1. The molecule has 3 atom stereocenters. The number of nitrogens with zero attached hydrogens (tertiary/aromatic N) is 1. The van der Waals surface area contributed by atoms with E-state index in [0.717, 1.165) is 13.0 Å². The van der Waals surface area contributed by atoms with Crippen molar-refractivity contribution in [2.75, 3.05) is 33.8 Å². The van der Waals surface area contributed by atoms with Crippen LogP contribution in [-0.2, 0) is 9.53 Å². The number of hydrogen-bond donors (Lipinski definition) is 3. The summed E-state index contributed by atoms with van der Waals surface area (Å²) in [6.07, 6.45) is 3.12. The van der Waals surface area contributed by atoms with Gasteiger partial charge in [0.25, 0.3) is 5.91 Å². The van der Waals surface area contributed by atoms with E-state index in [4.69, 9.17) is 4.74 Å². The second kappa shape index (κ2) is 10.9. The number of carbonyl (C=O) groups excluding carboxylic acids is 2. The van der Waals surface area contributed by atoms with Gasteiger partial charge in [-0.25, -0.2) is 4.39 Å². The Labute approximate surface area is 164 Å². The fourth-order valence-corrected chi connectivity index (χ4v) is 2.89. The quantitative estimate of drug-likeness (QED) is 0.424. The summed E-state index contributed by atoms with van der Waals surface area (Å²) in [5.74, 6) is -1.35. The number of benzene rings is 1. The topological polar surface area (TPSA) is 90.9 Å². The van der Waals surface area contributed by atoms with Gasteiger partial charge >= 0.3 is 0 Å². The van der Waals surface area contributed by atoms with Crippen molar-refractivity contribution in [2.45, 2.75) is 31.1 Å². The molecule has 0 radical (unpaired) electrons. The van der Waals surface area contributed by atoms with Gasteiger partial charge in [-0.1, -0.05) is 24.3 Å². The van der Waals surface area contributed by atoms with Crippen molar-refractivity contribution in [1.29, 1.82) is 0 Å². The SMILES string of the molecule is CN(C)CCCNC(=O)C[C@@H]1C=C[C@@H](NC(=O)c2ccccc2F)[C@H](CO)O1. The number of ether oxygens (including phenoxy) is 1. The Hall–Kier alpha value is -2.29. The molecule has 0 spiro atoms. The van der Waals surface area contributed by atoms with Crippen molar-refractivity contribution in [1.82, 2.24) is 15.5 Å². The summed E-state index contributed by atoms with van der Waals surface area (Å²) >= 11 is 0. The molecule has 0 bridgehead atoms. The largest absolute Gasteiger partial charge is 0.394 e. The molecule has 3 N–H and O–H groups in total. The summed E-state index contributed by atoms with van der Waals surface area (Å²) in [7, 11) is 3.94. The third-order valence-corrected chi connectivity index (χ3v) is 4.37. The molecule has 8 heteroatoms. The Morgan fingerprint density at radius 1 is 1.25 bits per heavy atom. The van der Waals surface area contributed by atoms with Crippen molar-refractivity contribution in [3.05, 3.63) is 47.8 Å². The first-order valence-electron chi connectivity index (χ1n) is 9.32. The van der Waals surface area contributed by atoms with Crippen molar-refractivity contribution in [3.8, 4) is 0 Å². The Bertz CT molecular complexity index is 696. The van der Waals surface area contributed by atoms with Gasteiger partial charge in [0.2, 0.25) is 5.91 Å². The maximum absolute atomic E-state index is 13.7. The molecule has 1 aromatic carbocycles. The Morgan fingerprint density at radius 2 is 2.00 bits per heavy atom. The molecule has 1 heterocycles. The van der Waals surface area contributed by atoms with Crippen LogP contribution in [0.1, 0.15) is 23.2 Å². The van der Waals surface area contributed by atoms with E-state index in [9.17, 15) is 19.1 Å². The van der Waals surface area contributed by atoms with Crippen LogP contribution in [0.2, 0.25) is 0 Å². The number of hydrogen-bond acceptors (Lipinski definition) is 5. The number of rotatable bonds is 9. The van der Waals surface area contributed by atoms with Gasteiger partial charge in [-0.2, -0.15) is 0 Å². The molecule has 2 rings (SSSR count). The summed E-state index contributed by atoms with van der Waals surface area (Å²) in [6.45, 7) is 1.13. The highest BCUT2D eigenvalue weighted by molar-refractivity contribution is 5.94. The predicted octanol–water partition coefficient (Wildman–Crippen LogP) is 0.698. The molecule has 0 saturated carbocycles. The zero-order valence-corrected chi connectivity index (χ0v) is 16.2. The second-order valence-electron chi connectivity index (χ2n) is 6.97. The molecule has 1 aromatic rings. The third-order valence-electron chi connectivity index (χ3n) is 4.37. The molecule has 7 nitrogen and oxygen atoms in total. The lowest BCUT2D eigenvalue weighted by Crippen LogP contribution is -2.49. The third kappa shape index (κ3) is 6.70. The minimum Gasteiger partial charge on any atom is -0.394 e. The number of nitrogens with one attached hydrogen (secondary N) is 2. The van der Waals surface area contributed by atoms with Crippen LogP contribution in [0.3, 0.4) is 0 Å². The lowest BCUT2D eigenvalue weighted by Gasteiger charge is -2.31. The van der Waals surface area contributed by atoms with E-state index in [1.165, 1.54) is 18.2 Å². The molecule has 28 heavy (non-hydrogen) atoms. The second-order valence-corrected chi connectivity index (χ2v) is 6.97. The molecule has 0 saturated heterocycles. The van der Waals surface area contributed by atoms with E-state index in [1.54, 1.807) is 18.2 Å². The molecule has 1 aliphatic rings. The summed E-state index contributed by atoms with van der Waals surface area (Å²) in [5.41, 5.74) is -0.0770. The molecule has 2 amide bonds. The van der Waals surface area contributed by atoms with Crippen LogP contribution in [0.25, 0.3) is 0 Å². The number of amides is 2. The average Bonchev–Trinajstić information content (AvgIpc) is 2.66. The van der Waals surface area contributed by atoms with Crippen LogP contribution in [-0.4, -0.2) is 73.9 Å². The van der Waals surface area contributed by atoms with Crippen LogP contribution in [0.15, 0.2) is 36.4 Å². The zero-order valence-electron chi connectivity index (χ0n) is 16.2. The Kier molecular flexibility index (Phi) is 8.56. The molecule has 154 valence electrons. The monoisotopic (exact) mass is 393 g/mol. The maximum Gasteiger partial charge on any atom is 0.254 e. The molecule has 1 aliphatic heterocycles. The van der Waals surface area contributed by atoms with Gasteiger partial charge in [-0.15, -0.1) is 0 Å². The zero-order chi connectivity index (χ0) is 20.5. The summed E-state index contributed by atoms with van der Waals surface area (Å²) < 4.78 is 19.5. The van der Waals surface area contributed by atoms with Gasteiger partial charge in [-0.3, -0.25) is 9.59 Å². The van der Waals surface area contributed by atoms with E-state index < -0.39 is 30.0 Å². The van der Waals surface area contributed by atoms with Crippen molar-refractivity contribution in [3.63, 3.8) is 0 Å². The smallest absolute Gasteiger partial charge is 0.254 e. The minimum atomic E-state index is -0.715. The van der Waals surface area contributed by atoms with Crippen LogP contribution in [0.4, 0.5) is 4.39 Å². The Balaban J connectivity index is 1.86. The first-order chi connectivity index (χ1) is 13.4. The van der Waals surface area contributed by atoms with Crippen LogP contribution in [0.5, 0.6) is 0 Å². The number of carbonyl (C=O) groups is 2.